The van der Waals surface area contributed by atoms with Gasteiger partial charge in [-0.15, -0.1) is 0 Å². The molecule has 4 rings (SSSR count). The Kier molecular flexibility index (Phi) is 6.01. The first-order valence-corrected chi connectivity index (χ1v) is 12.7. The van der Waals surface area contributed by atoms with Crippen LogP contribution in [0.25, 0.3) is 0 Å². The molecule has 1 aliphatic carbocycles. The number of carbonyl (C=O) groups is 2. The number of fused-ring (bicyclic) bond motifs is 1. The van der Waals surface area contributed by atoms with Crippen LogP contribution in [0.1, 0.15) is 48.7 Å². The van der Waals surface area contributed by atoms with Gasteiger partial charge in [-0.2, -0.15) is 0 Å². The van der Waals surface area contributed by atoms with Crippen molar-refractivity contribution in [2.75, 3.05) is 19.4 Å². The number of carbonyl (C=O) groups excluding carboxylic acids is 2. The molecule has 1 atom stereocenters. The summed E-state index contributed by atoms with van der Waals surface area (Å²) in [5, 5.41) is 18.5. The number of nitrogens with one attached hydrogen (secondary N) is 1. The van der Waals surface area contributed by atoms with Crippen molar-refractivity contribution in [2.24, 2.45) is 0 Å². The summed E-state index contributed by atoms with van der Waals surface area (Å²) in [7, 11) is -3.84. The minimum absolute atomic E-state index is 0.0180. The van der Waals surface area contributed by atoms with Crippen molar-refractivity contribution in [3.63, 3.8) is 0 Å². The Balaban J connectivity index is 1.42. The second-order valence-corrected chi connectivity index (χ2v) is 11.6. The molecule has 3 N–H and O–H groups in total. The number of aliphatic hydroxyl groups excluding tert-OH is 1. The van der Waals surface area contributed by atoms with Crippen LogP contribution in [-0.2, 0) is 26.6 Å². The fourth-order valence-electron chi connectivity index (χ4n) is 4.01. The molecule has 0 saturated heterocycles. The summed E-state index contributed by atoms with van der Waals surface area (Å²) in [6.07, 6.45) is 6.03. The highest BCUT2D eigenvalue weighted by Gasteiger charge is 2.45. The Morgan fingerprint density at radius 1 is 1.32 bits per heavy atom. The number of hydroxylamine groups is 1. The molecule has 2 aromatic rings. The monoisotopic (exact) mass is 486 g/mol. The van der Waals surface area contributed by atoms with E-state index in [2.05, 4.69) is 16.8 Å². The van der Waals surface area contributed by atoms with Crippen LogP contribution < -0.4 is 5.48 Å². The molecule has 11 heteroatoms. The SMILES string of the molecule is CC(CCN1Cc2cc(C#Cc3ccc(C4(CO)CC4)cn3)cn2C1=O)(C(=O)NO)S(C)(=O)=O. The van der Waals surface area contributed by atoms with Gasteiger partial charge in [-0.1, -0.05) is 12.0 Å². The fourth-order valence-corrected chi connectivity index (χ4v) is 4.85. The summed E-state index contributed by atoms with van der Waals surface area (Å²) in [6.45, 7) is 1.60. The summed E-state index contributed by atoms with van der Waals surface area (Å²) >= 11 is 0. The molecule has 34 heavy (non-hydrogen) atoms. The molecule has 2 aliphatic rings. The van der Waals surface area contributed by atoms with E-state index in [0.29, 0.717) is 17.0 Å². The lowest BCUT2D eigenvalue weighted by atomic mass is 9.99. The Morgan fingerprint density at radius 3 is 2.59 bits per heavy atom. The average Bonchev–Trinajstić information content (AvgIpc) is 3.43. The van der Waals surface area contributed by atoms with E-state index >= 15 is 0 Å². The average molecular weight is 487 g/mol. The molecule has 0 bridgehead atoms. The van der Waals surface area contributed by atoms with Gasteiger partial charge in [0.15, 0.2) is 14.6 Å². The molecular formula is C23H26N4O6S. The molecule has 180 valence electrons. The molecule has 2 aromatic heterocycles. The molecule has 0 aromatic carbocycles. The Hall–Kier alpha value is -3.20. The maximum Gasteiger partial charge on any atom is 0.328 e. The number of sulfone groups is 1. The first-order chi connectivity index (χ1) is 16.0. The van der Waals surface area contributed by atoms with Crippen molar-refractivity contribution < 1.29 is 28.3 Å². The highest BCUT2D eigenvalue weighted by Crippen LogP contribution is 2.47. The van der Waals surface area contributed by atoms with Gasteiger partial charge in [-0.3, -0.25) is 14.6 Å². The number of aromatic nitrogens is 2. The standard InChI is InChI=1S/C23H26N4O6S/c1-22(20(29)25-31,34(2,32)33)9-10-26-14-19-11-16(13-27(19)21(26)30)3-5-18-6-4-17(12-24-18)23(15-28)7-8-23/h4,6,11-13,28,31H,7-10,14-15H2,1-2H3,(H,25,29). The van der Waals surface area contributed by atoms with Crippen LogP contribution >= 0.6 is 0 Å². The predicted molar refractivity (Wildman–Crippen MR) is 122 cm³/mol. The van der Waals surface area contributed by atoms with Crippen LogP contribution in [0.5, 0.6) is 0 Å². The Labute approximate surface area is 197 Å². The molecule has 10 nitrogen and oxygen atoms in total. The van der Waals surface area contributed by atoms with Crippen LogP contribution in [0.2, 0.25) is 0 Å². The minimum Gasteiger partial charge on any atom is -0.395 e. The van der Waals surface area contributed by atoms with E-state index in [0.717, 1.165) is 24.7 Å². The summed E-state index contributed by atoms with van der Waals surface area (Å²) < 4.78 is 23.8. The zero-order valence-electron chi connectivity index (χ0n) is 18.9. The van der Waals surface area contributed by atoms with Gasteiger partial charge < -0.3 is 10.0 Å². The van der Waals surface area contributed by atoms with Gasteiger partial charge in [0.1, 0.15) is 5.69 Å². The zero-order chi connectivity index (χ0) is 24.7. The van der Waals surface area contributed by atoms with Crippen LogP contribution in [0.15, 0.2) is 30.6 Å². The Bertz CT molecular complexity index is 1300. The lowest BCUT2D eigenvalue weighted by molar-refractivity contribution is -0.131. The molecule has 1 unspecified atom stereocenters. The maximum atomic E-state index is 12.8. The van der Waals surface area contributed by atoms with E-state index < -0.39 is 20.5 Å². The van der Waals surface area contributed by atoms with E-state index in [1.165, 1.54) is 21.9 Å². The van der Waals surface area contributed by atoms with Gasteiger partial charge in [0, 0.05) is 41.9 Å². The van der Waals surface area contributed by atoms with Gasteiger partial charge in [-0.25, -0.2) is 23.7 Å². The summed E-state index contributed by atoms with van der Waals surface area (Å²) in [4.78, 5) is 30.5. The molecule has 0 radical (unpaired) electrons. The van der Waals surface area contributed by atoms with E-state index in [-0.39, 0.29) is 37.6 Å². The number of hydrogen-bond donors (Lipinski definition) is 3. The first-order valence-electron chi connectivity index (χ1n) is 10.8. The van der Waals surface area contributed by atoms with Gasteiger partial charge >= 0.3 is 6.03 Å². The second kappa shape index (κ2) is 8.54. The molecule has 1 aliphatic heterocycles. The third-order valence-electron chi connectivity index (χ3n) is 6.86. The highest BCUT2D eigenvalue weighted by atomic mass is 32.2. The van der Waals surface area contributed by atoms with Crippen molar-refractivity contribution in [2.45, 2.75) is 42.9 Å². The smallest absolute Gasteiger partial charge is 0.328 e. The normalized spacial score (nSPS) is 18.0. The quantitative estimate of drug-likeness (QED) is 0.298. The van der Waals surface area contributed by atoms with Gasteiger partial charge in [-0.05, 0) is 49.8 Å². The van der Waals surface area contributed by atoms with Crippen LogP contribution in [0.3, 0.4) is 0 Å². The number of nitrogens with zero attached hydrogens (tertiary/aromatic N) is 3. The first kappa shape index (κ1) is 23.9. The van der Waals surface area contributed by atoms with E-state index in [1.54, 1.807) is 18.5 Å². The number of pyridine rings is 1. The predicted octanol–water partition coefficient (Wildman–Crippen LogP) is 0.789. The van der Waals surface area contributed by atoms with Crippen LogP contribution in [0.4, 0.5) is 4.79 Å². The van der Waals surface area contributed by atoms with Crippen LogP contribution in [0, 0.1) is 11.8 Å². The number of hydrogen-bond acceptors (Lipinski definition) is 7. The lowest BCUT2D eigenvalue weighted by Gasteiger charge is -2.27. The number of rotatable bonds is 7. The van der Waals surface area contributed by atoms with Crippen LogP contribution in [-0.4, -0.2) is 69.3 Å². The molecule has 1 fully saturated rings. The van der Waals surface area contributed by atoms with E-state index in [9.17, 15) is 23.1 Å². The topological polar surface area (TPSA) is 142 Å². The van der Waals surface area contributed by atoms with E-state index in [4.69, 9.17) is 5.21 Å². The maximum absolute atomic E-state index is 12.8. The van der Waals surface area contributed by atoms with Crippen molar-refractivity contribution >= 4 is 21.8 Å². The molecule has 1 saturated carbocycles. The molecule has 2 amide bonds. The van der Waals surface area contributed by atoms with Crippen molar-refractivity contribution in [3.8, 4) is 11.8 Å². The van der Waals surface area contributed by atoms with Gasteiger partial charge in [0.2, 0.25) is 0 Å². The van der Waals surface area contributed by atoms with Crippen molar-refractivity contribution in [1.29, 1.82) is 0 Å². The van der Waals surface area contributed by atoms with E-state index in [1.807, 2.05) is 12.1 Å². The van der Waals surface area contributed by atoms with Crippen molar-refractivity contribution in [1.82, 2.24) is 19.9 Å². The van der Waals surface area contributed by atoms with Gasteiger partial charge in [0.05, 0.1) is 13.2 Å². The number of aliphatic hydroxyl groups is 1. The van der Waals surface area contributed by atoms with Gasteiger partial charge in [0.25, 0.3) is 5.91 Å². The largest absolute Gasteiger partial charge is 0.395 e. The highest BCUT2D eigenvalue weighted by molar-refractivity contribution is 7.92. The summed E-state index contributed by atoms with van der Waals surface area (Å²) in [6, 6.07) is 5.18. The third kappa shape index (κ3) is 4.20. The van der Waals surface area contributed by atoms with Crippen molar-refractivity contribution in [3.05, 3.63) is 53.1 Å². The molecular weight excluding hydrogens is 460 g/mol. The third-order valence-corrected chi connectivity index (χ3v) is 8.88. The second-order valence-electron chi connectivity index (χ2n) is 9.11. The lowest BCUT2D eigenvalue weighted by Crippen LogP contribution is -2.50. The Morgan fingerprint density at radius 2 is 2.06 bits per heavy atom. The summed E-state index contributed by atoms with van der Waals surface area (Å²) in [5.41, 5.74) is 4.19. The zero-order valence-corrected chi connectivity index (χ0v) is 19.7. The summed E-state index contributed by atoms with van der Waals surface area (Å²) in [5.74, 6) is 4.94. The number of amides is 2. The molecule has 3 heterocycles. The molecule has 0 spiro atoms. The minimum atomic E-state index is -3.84. The fraction of sp³-hybridized carbons (Fsp3) is 0.435.